The van der Waals surface area contributed by atoms with Crippen molar-refractivity contribution in [3.63, 3.8) is 0 Å². The van der Waals surface area contributed by atoms with Gasteiger partial charge >= 0.3 is 0 Å². The number of nitrogens with one attached hydrogen (secondary N) is 1. The van der Waals surface area contributed by atoms with E-state index in [9.17, 15) is 5.26 Å². The molecular formula is C14H17N5S. The number of hydrogen-bond acceptors (Lipinski definition) is 6. The molecule has 104 valence electrons. The molecule has 0 amide bonds. The van der Waals surface area contributed by atoms with Gasteiger partial charge in [-0.3, -0.25) is 0 Å². The van der Waals surface area contributed by atoms with Gasteiger partial charge in [0.2, 0.25) is 0 Å². The summed E-state index contributed by atoms with van der Waals surface area (Å²) in [4.78, 5) is 5.46. The van der Waals surface area contributed by atoms with Crippen molar-refractivity contribution < 1.29 is 0 Å². The van der Waals surface area contributed by atoms with Crippen molar-refractivity contribution in [2.75, 3.05) is 5.32 Å². The van der Waals surface area contributed by atoms with E-state index in [-0.39, 0.29) is 0 Å². The standard InChI is InChI=1S/C14H17N5S/c1-4-10-11(6-15)14(19-18-12(10)5-2)17-8-13-16-7-9(3)20-13/h7H,4-5,8H2,1-3H3,(H,17,19). The second-order valence-corrected chi connectivity index (χ2v) is 5.71. The van der Waals surface area contributed by atoms with Gasteiger partial charge in [-0.2, -0.15) is 10.4 Å². The van der Waals surface area contributed by atoms with Crippen LogP contribution in [0, 0.1) is 18.3 Å². The zero-order valence-corrected chi connectivity index (χ0v) is 12.7. The normalized spacial score (nSPS) is 10.3. The molecule has 2 heterocycles. The van der Waals surface area contributed by atoms with Crippen molar-refractivity contribution >= 4 is 17.2 Å². The fourth-order valence-corrected chi connectivity index (χ4v) is 2.79. The maximum atomic E-state index is 9.38. The monoisotopic (exact) mass is 287 g/mol. The molecule has 0 saturated heterocycles. The van der Waals surface area contributed by atoms with E-state index in [0.29, 0.717) is 17.9 Å². The summed E-state index contributed by atoms with van der Waals surface area (Å²) < 4.78 is 0. The summed E-state index contributed by atoms with van der Waals surface area (Å²) in [5, 5.41) is 21.9. The molecule has 5 nitrogen and oxygen atoms in total. The number of nitrogens with zero attached hydrogens (tertiary/aromatic N) is 4. The van der Waals surface area contributed by atoms with Crippen LogP contribution in [0.2, 0.25) is 0 Å². The molecule has 0 spiro atoms. The molecule has 0 bridgehead atoms. The van der Waals surface area contributed by atoms with Crippen molar-refractivity contribution in [1.29, 1.82) is 5.26 Å². The van der Waals surface area contributed by atoms with Gasteiger partial charge in [0, 0.05) is 11.1 Å². The first-order valence-electron chi connectivity index (χ1n) is 6.63. The Hall–Kier alpha value is -2.00. The fraction of sp³-hybridized carbons (Fsp3) is 0.429. The Bertz CT molecular complexity index is 641. The van der Waals surface area contributed by atoms with E-state index in [2.05, 4.69) is 26.6 Å². The van der Waals surface area contributed by atoms with Crippen LogP contribution in [-0.2, 0) is 19.4 Å². The van der Waals surface area contributed by atoms with Gasteiger partial charge in [-0.05, 0) is 25.3 Å². The molecule has 0 aliphatic rings. The SMILES string of the molecule is CCc1nnc(NCc2ncc(C)s2)c(C#N)c1CC. The van der Waals surface area contributed by atoms with Crippen LogP contribution in [0.5, 0.6) is 0 Å². The van der Waals surface area contributed by atoms with E-state index in [1.807, 2.05) is 27.0 Å². The highest BCUT2D eigenvalue weighted by Gasteiger charge is 2.14. The molecule has 2 rings (SSSR count). The van der Waals surface area contributed by atoms with Crippen molar-refractivity contribution in [2.24, 2.45) is 0 Å². The minimum atomic E-state index is 0.550. The molecule has 1 N–H and O–H groups in total. The van der Waals surface area contributed by atoms with Crippen LogP contribution in [0.3, 0.4) is 0 Å². The summed E-state index contributed by atoms with van der Waals surface area (Å²) in [5.41, 5.74) is 2.50. The van der Waals surface area contributed by atoms with Crippen molar-refractivity contribution in [1.82, 2.24) is 15.2 Å². The van der Waals surface area contributed by atoms with Crippen LogP contribution in [0.4, 0.5) is 5.82 Å². The highest BCUT2D eigenvalue weighted by molar-refractivity contribution is 7.11. The number of rotatable bonds is 5. The Morgan fingerprint density at radius 1 is 1.30 bits per heavy atom. The fourth-order valence-electron chi connectivity index (χ4n) is 2.06. The third-order valence-corrected chi connectivity index (χ3v) is 3.95. The number of hydrogen-bond donors (Lipinski definition) is 1. The Labute approximate surface area is 122 Å². The lowest BCUT2D eigenvalue weighted by Crippen LogP contribution is -2.09. The summed E-state index contributed by atoms with van der Waals surface area (Å²) >= 11 is 1.63. The third kappa shape index (κ3) is 2.94. The van der Waals surface area contributed by atoms with Gasteiger partial charge < -0.3 is 5.32 Å². The maximum absolute atomic E-state index is 9.38. The number of aromatic nitrogens is 3. The van der Waals surface area contributed by atoms with Crippen LogP contribution >= 0.6 is 11.3 Å². The minimum Gasteiger partial charge on any atom is -0.361 e. The molecule has 0 saturated carbocycles. The molecule has 0 aromatic carbocycles. The Balaban J connectivity index is 2.25. The molecular weight excluding hydrogens is 270 g/mol. The quantitative estimate of drug-likeness (QED) is 0.915. The Morgan fingerprint density at radius 2 is 2.10 bits per heavy atom. The largest absolute Gasteiger partial charge is 0.361 e. The van der Waals surface area contributed by atoms with Crippen molar-refractivity contribution in [3.8, 4) is 6.07 Å². The summed E-state index contributed by atoms with van der Waals surface area (Å²) in [6, 6.07) is 2.25. The van der Waals surface area contributed by atoms with E-state index in [1.54, 1.807) is 11.3 Å². The summed E-state index contributed by atoms with van der Waals surface area (Å²) in [6.07, 6.45) is 3.42. The van der Waals surface area contributed by atoms with Crippen LogP contribution in [0.15, 0.2) is 6.20 Å². The molecule has 0 aliphatic heterocycles. The minimum absolute atomic E-state index is 0.550. The van der Waals surface area contributed by atoms with E-state index in [4.69, 9.17) is 0 Å². The first-order chi connectivity index (χ1) is 9.69. The lowest BCUT2D eigenvalue weighted by molar-refractivity contribution is 0.868. The molecule has 0 atom stereocenters. The van der Waals surface area contributed by atoms with Gasteiger partial charge in [0.15, 0.2) is 5.82 Å². The maximum Gasteiger partial charge on any atom is 0.167 e. The summed E-state index contributed by atoms with van der Waals surface area (Å²) in [7, 11) is 0. The van der Waals surface area contributed by atoms with Gasteiger partial charge in [0.1, 0.15) is 16.6 Å². The molecule has 2 aromatic rings. The van der Waals surface area contributed by atoms with Gasteiger partial charge in [0.25, 0.3) is 0 Å². The molecule has 0 fully saturated rings. The van der Waals surface area contributed by atoms with Crippen LogP contribution < -0.4 is 5.32 Å². The lowest BCUT2D eigenvalue weighted by Gasteiger charge is -2.11. The summed E-state index contributed by atoms with van der Waals surface area (Å²) in [6.45, 7) is 6.64. The third-order valence-electron chi connectivity index (χ3n) is 3.03. The first-order valence-corrected chi connectivity index (χ1v) is 7.44. The van der Waals surface area contributed by atoms with Crippen LogP contribution in [0.1, 0.15) is 40.6 Å². The second kappa shape index (κ2) is 6.44. The van der Waals surface area contributed by atoms with E-state index in [0.717, 1.165) is 29.1 Å². The predicted molar refractivity (Wildman–Crippen MR) is 79.7 cm³/mol. The topological polar surface area (TPSA) is 74.5 Å². The zero-order valence-electron chi connectivity index (χ0n) is 11.9. The van der Waals surface area contributed by atoms with E-state index in [1.165, 1.54) is 4.88 Å². The number of aryl methyl sites for hydroxylation is 2. The van der Waals surface area contributed by atoms with E-state index >= 15 is 0 Å². The average Bonchev–Trinajstić information content (AvgIpc) is 2.89. The van der Waals surface area contributed by atoms with Crippen molar-refractivity contribution in [2.45, 2.75) is 40.2 Å². The predicted octanol–water partition coefficient (Wildman–Crippen LogP) is 2.85. The van der Waals surface area contributed by atoms with Gasteiger partial charge in [-0.15, -0.1) is 16.4 Å². The molecule has 2 aromatic heterocycles. The smallest absolute Gasteiger partial charge is 0.167 e. The summed E-state index contributed by atoms with van der Waals surface area (Å²) in [5.74, 6) is 0.550. The molecule has 0 aliphatic carbocycles. The Kier molecular flexibility index (Phi) is 4.64. The zero-order chi connectivity index (χ0) is 14.5. The lowest BCUT2D eigenvalue weighted by atomic mass is 10.0. The second-order valence-electron chi connectivity index (χ2n) is 4.39. The number of anilines is 1. The van der Waals surface area contributed by atoms with E-state index < -0.39 is 0 Å². The highest BCUT2D eigenvalue weighted by Crippen LogP contribution is 2.21. The molecule has 20 heavy (non-hydrogen) atoms. The number of nitriles is 1. The van der Waals surface area contributed by atoms with Crippen LogP contribution in [-0.4, -0.2) is 15.2 Å². The molecule has 6 heteroatoms. The van der Waals surface area contributed by atoms with Gasteiger partial charge in [-0.1, -0.05) is 13.8 Å². The van der Waals surface area contributed by atoms with Gasteiger partial charge in [0.05, 0.1) is 12.2 Å². The van der Waals surface area contributed by atoms with Gasteiger partial charge in [-0.25, -0.2) is 4.98 Å². The first kappa shape index (κ1) is 14.4. The average molecular weight is 287 g/mol. The highest BCUT2D eigenvalue weighted by atomic mass is 32.1. The molecule has 0 radical (unpaired) electrons. The Morgan fingerprint density at radius 3 is 2.65 bits per heavy atom. The van der Waals surface area contributed by atoms with Crippen LogP contribution in [0.25, 0.3) is 0 Å². The number of thiazole rings is 1. The molecule has 0 unspecified atom stereocenters. The van der Waals surface area contributed by atoms with Crippen molar-refractivity contribution in [3.05, 3.63) is 32.9 Å².